The van der Waals surface area contributed by atoms with Crippen molar-refractivity contribution >= 4 is 40.0 Å². The van der Waals surface area contributed by atoms with Crippen LogP contribution in [-0.4, -0.2) is 84.8 Å². The van der Waals surface area contributed by atoms with E-state index in [2.05, 4.69) is 20.3 Å². The molecular weight excluding hydrogens is 478 g/mol. The summed E-state index contributed by atoms with van der Waals surface area (Å²) in [7, 11) is 0.408. The second kappa shape index (κ2) is 10.8. The van der Waals surface area contributed by atoms with Gasteiger partial charge in [-0.15, -0.1) is 0 Å². The van der Waals surface area contributed by atoms with E-state index in [1.165, 1.54) is 43.0 Å². The number of amides is 1. The van der Waals surface area contributed by atoms with E-state index in [4.69, 9.17) is 4.74 Å². The predicted molar refractivity (Wildman–Crippen MR) is 129 cm³/mol. The molecule has 1 atom stereocenters. The van der Waals surface area contributed by atoms with Crippen molar-refractivity contribution < 1.29 is 27.9 Å². The fraction of sp³-hybridized carbons (Fsp3) is 0.286. The Morgan fingerprint density at radius 2 is 1.94 bits per heavy atom. The Balaban J connectivity index is 1.78. The largest absolute Gasteiger partial charge is 0.480 e. The minimum Gasteiger partial charge on any atom is -0.480 e. The third-order valence-corrected chi connectivity index (χ3v) is 6.60. The fourth-order valence-electron chi connectivity index (χ4n) is 2.95. The van der Waals surface area contributed by atoms with E-state index in [1.807, 2.05) is 0 Å². The molecule has 0 radical (unpaired) electrons. The molecule has 35 heavy (non-hydrogen) atoms. The molecule has 3 rings (SSSR count). The van der Waals surface area contributed by atoms with Gasteiger partial charge in [-0.3, -0.25) is 9.30 Å². The molecule has 1 amide bonds. The Labute approximate surface area is 202 Å². The summed E-state index contributed by atoms with van der Waals surface area (Å²) >= 11 is 0. The van der Waals surface area contributed by atoms with E-state index >= 15 is 0 Å². The van der Waals surface area contributed by atoms with Crippen LogP contribution in [0.25, 0.3) is 0 Å². The molecule has 0 bridgehead atoms. The molecule has 2 aromatic rings. The van der Waals surface area contributed by atoms with E-state index in [0.717, 1.165) is 8.61 Å². The van der Waals surface area contributed by atoms with Gasteiger partial charge in [-0.2, -0.15) is 8.42 Å². The van der Waals surface area contributed by atoms with Crippen molar-refractivity contribution in [1.82, 2.24) is 19.2 Å². The lowest BCUT2D eigenvalue weighted by Crippen LogP contribution is -2.41. The zero-order valence-electron chi connectivity index (χ0n) is 19.3. The SMILES string of the molecule is CN(C)C(=O)Oc1ccc(C[C@H](Nc2ncncc2N(C)S(=O)(=O)N2C=CC=NC2)C(=O)O)cc1. The summed E-state index contributed by atoms with van der Waals surface area (Å²) in [6.45, 7) is -0.0861. The lowest BCUT2D eigenvalue weighted by molar-refractivity contribution is -0.137. The van der Waals surface area contributed by atoms with Gasteiger partial charge in [0.15, 0.2) is 5.82 Å². The molecule has 1 aromatic heterocycles. The first-order valence-corrected chi connectivity index (χ1v) is 11.7. The lowest BCUT2D eigenvalue weighted by Gasteiger charge is -2.28. The number of ether oxygens (including phenoxy) is 1. The number of anilines is 2. The van der Waals surface area contributed by atoms with Crippen LogP contribution in [-0.2, 0) is 21.4 Å². The van der Waals surface area contributed by atoms with Crippen molar-refractivity contribution in [2.45, 2.75) is 12.5 Å². The van der Waals surface area contributed by atoms with Gasteiger partial charge in [0.25, 0.3) is 0 Å². The van der Waals surface area contributed by atoms with E-state index in [-0.39, 0.29) is 24.6 Å². The van der Waals surface area contributed by atoms with Crippen LogP contribution in [0.4, 0.5) is 16.3 Å². The Bertz CT molecular complexity index is 1230. The maximum absolute atomic E-state index is 13.0. The number of carbonyl (C=O) groups excluding carboxylic acids is 1. The van der Waals surface area contributed by atoms with Crippen molar-refractivity contribution in [3.8, 4) is 5.75 Å². The predicted octanol–water partition coefficient (Wildman–Crippen LogP) is 1.18. The van der Waals surface area contributed by atoms with Gasteiger partial charge in [0.2, 0.25) is 0 Å². The van der Waals surface area contributed by atoms with Crippen molar-refractivity contribution in [1.29, 1.82) is 0 Å². The van der Waals surface area contributed by atoms with Gasteiger partial charge in [0.1, 0.15) is 30.5 Å². The van der Waals surface area contributed by atoms with Gasteiger partial charge >= 0.3 is 22.3 Å². The van der Waals surface area contributed by atoms with Gasteiger partial charge in [0, 0.05) is 40.0 Å². The normalized spacial score (nSPS) is 13.7. The summed E-state index contributed by atoms with van der Waals surface area (Å²) < 4.78 is 33.1. The molecule has 2 heterocycles. The van der Waals surface area contributed by atoms with Crippen molar-refractivity contribution in [2.24, 2.45) is 4.99 Å². The maximum Gasteiger partial charge on any atom is 0.414 e. The number of aliphatic carboxylic acids is 1. The summed E-state index contributed by atoms with van der Waals surface area (Å²) in [5.41, 5.74) is 0.704. The van der Waals surface area contributed by atoms with E-state index in [0.29, 0.717) is 11.3 Å². The summed E-state index contributed by atoms with van der Waals surface area (Å²) in [5.74, 6) is -0.829. The molecule has 1 aliphatic heterocycles. The second-order valence-electron chi connectivity index (χ2n) is 7.58. The van der Waals surface area contributed by atoms with Gasteiger partial charge < -0.3 is 20.1 Å². The summed E-state index contributed by atoms with van der Waals surface area (Å²) in [4.78, 5) is 36.8. The number of aliphatic imine (C=N–C) groups is 1. The molecule has 0 saturated heterocycles. The molecule has 0 unspecified atom stereocenters. The average Bonchev–Trinajstić information content (AvgIpc) is 2.85. The molecule has 0 aliphatic carbocycles. The molecule has 14 heteroatoms. The number of rotatable bonds is 9. The number of benzene rings is 1. The number of allylic oxidation sites excluding steroid dienone is 1. The number of carboxylic acid groups (broad SMARTS) is 1. The quantitative estimate of drug-likeness (QED) is 0.513. The number of carbonyl (C=O) groups is 2. The summed E-state index contributed by atoms with van der Waals surface area (Å²) in [5, 5.41) is 12.6. The summed E-state index contributed by atoms with van der Waals surface area (Å²) in [6, 6.07) is 5.24. The second-order valence-corrected chi connectivity index (χ2v) is 9.49. The summed E-state index contributed by atoms with van der Waals surface area (Å²) in [6.07, 6.45) is 6.31. The number of nitrogens with zero attached hydrogens (tertiary/aromatic N) is 6. The number of hydrogen-bond donors (Lipinski definition) is 2. The zero-order chi connectivity index (χ0) is 25.6. The molecule has 0 spiro atoms. The van der Waals surface area contributed by atoms with E-state index in [9.17, 15) is 23.1 Å². The Morgan fingerprint density at radius 3 is 2.54 bits per heavy atom. The van der Waals surface area contributed by atoms with Crippen LogP contribution in [0, 0.1) is 0 Å². The van der Waals surface area contributed by atoms with Gasteiger partial charge in [-0.05, 0) is 23.8 Å². The third kappa shape index (κ3) is 6.23. The van der Waals surface area contributed by atoms with Gasteiger partial charge in [0.05, 0.1) is 6.20 Å². The molecule has 2 N–H and O–H groups in total. The van der Waals surface area contributed by atoms with Gasteiger partial charge in [-0.1, -0.05) is 12.1 Å². The number of carboxylic acids is 1. The van der Waals surface area contributed by atoms with E-state index < -0.39 is 28.3 Å². The van der Waals surface area contributed by atoms with Crippen molar-refractivity contribution in [2.75, 3.05) is 37.4 Å². The van der Waals surface area contributed by atoms with Crippen LogP contribution < -0.4 is 14.4 Å². The third-order valence-electron chi connectivity index (χ3n) is 4.88. The van der Waals surface area contributed by atoms with E-state index in [1.54, 1.807) is 38.4 Å². The molecule has 1 aliphatic rings. The highest BCUT2D eigenvalue weighted by molar-refractivity contribution is 7.90. The topological polar surface area (TPSA) is 158 Å². The molecule has 0 saturated carbocycles. The average molecular weight is 504 g/mol. The first-order valence-electron chi connectivity index (χ1n) is 10.3. The molecular formula is C21H25N7O6S. The first kappa shape index (κ1) is 25.4. The number of aromatic nitrogens is 2. The molecule has 186 valence electrons. The number of nitrogens with one attached hydrogen (secondary N) is 1. The highest BCUT2D eigenvalue weighted by Gasteiger charge is 2.29. The van der Waals surface area contributed by atoms with Crippen LogP contribution in [0.5, 0.6) is 5.75 Å². The zero-order valence-corrected chi connectivity index (χ0v) is 20.1. The monoisotopic (exact) mass is 503 g/mol. The minimum absolute atomic E-state index is 0.0273. The van der Waals surface area contributed by atoms with Crippen LogP contribution in [0.15, 0.2) is 54.1 Å². The van der Waals surface area contributed by atoms with Crippen molar-refractivity contribution in [3.63, 3.8) is 0 Å². The Morgan fingerprint density at radius 1 is 1.23 bits per heavy atom. The van der Waals surface area contributed by atoms with Crippen LogP contribution >= 0.6 is 0 Å². The van der Waals surface area contributed by atoms with Crippen LogP contribution in [0.3, 0.4) is 0 Å². The lowest BCUT2D eigenvalue weighted by atomic mass is 10.1. The minimum atomic E-state index is -4.02. The highest BCUT2D eigenvalue weighted by atomic mass is 32.2. The molecule has 0 fully saturated rings. The highest BCUT2D eigenvalue weighted by Crippen LogP contribution is 2.26. The molecule has 1 aromatic carbocycles. The molecule has 13 nitrogen and oxygen atoms in total. The Hall–Kier alpha value is -4.20. The Kier molecular flexibility index (Phi) is 7.86. The van der Waals surface area contributed by atoms with Crippen LogP contribution in [0.1, 0.15) is 5.56 Å². The first-order chi connectivity index (χ1) is 16.6. The van der Waals surface area contributed by atoms with Gasteiger partial charge in [-0.25, -0.2) is 23.9 Å². The van der Waals surface area contributed by atoms with Crippen LogP contribution in [0.2, 0.25) is 0 Å². The smallest absolute Gasteiger partial charge is 0.414 e. The van der Waals surface area contributed by atoms with Crippen molar-refractivity contribution in [3.05, 3.63) is 54.6 Å². The number of hydrogen-bond acceptors (Lipinski definition) is 9. The fourth-order valence-corrected chi connectivity index (χ4v) is 4.09. The maximum atomic E-state index is 13.0. The standard InChI is InChI=1S/C21H25N7O6S/c1-26(2)21(31)34-16-7-5-15(6-8-16)11-17(20(29)30)25-19-18(12-23-13-24-19)27(3)35(32,33)28-10-4-9-22-14-28/h4-10,12-13,17H,11,14H2,1-3H3,(H,29,30)(H,23,24,25)/t17-/m0/s1.